The second kappa shape index (κ2) is 7.91. The van der Waals surface area contributed by atoms with Crippen molar-refractivity contribution >= 4 is 5.97 Å². The van der Waals surface area contributed by atoms with Crippen LogP contribution in [0.25, 0.3) is 0 Å². The van der Waals surface area contributed by atoms with Gasteiger partial charge in [0, 0.05) is 6.20 Å². The molecule has 0 bridgehead atoms. The normalized spacial score (nSPS) is 15.3. The lowest BCUT2D eigenvalue weighted by atomic mass is 9.97. The lowest BCUT2D eigenvalue weighted by Gasteiger charge is -2.23. The number of carbonyl (C=O) groups is 1. The molecule has 1 aromatic heterocycles. The van der Waals surface area contributed by atoms with E-state index >= 15 is 0 Å². The second-order valence-electron chi connectivity index (χ2n) is 6.36. The van der Waals surface area contributed by atoms with Crippen LogP contribution in [0.4, 0.5) is 0 Å². The molecule has 136 valence electrons. The topological polar surface area (TPSA) is 57.7 Å². The van der Waals surface area contributed by atoms with Crippen LogP contribution in [0.3, 0.4) is 0 Å². The van der Waals surface area contributed by atoms with E-state index in [1.807, 2.05) is 60.7 Å². The van der Waals surface area contributed by atoms with Crippen molar-refractivity contribution in [3.05, 3.63) is 84.2 Å². The number of ether oxygens (including phenoxy) is 3. The van der Waals surface area contributed by atoms with Crippen molar-refractivity contribution in [3.63, 3.8) is 0 Å². The molecule has 27 heavy (non-hydrogen) atoms. The van der Waals surface area contributed by atoms with Gasteiger partial charge in [0.2, 0.25) is 0 Å². The monoisotopic (exact) mass is 361 g/mol. The molecule has 0 fully saturated rings. The molecule has 2 aromatic carbocycles. The van der Waals surface area contributed by atoms with Crippen LogP contribution in [0, 0.1) is 5.92 Å². The summed E-state index contributed by atoms with van der Waals surface area (Å²) < 4.78 is 16.8. The third-order valence-electron chi connectivity index (χ3n) is 4.39. The number of fused-ring (bicyclic) bond motifs is 1. The number of aromatic nitrogens is 1. The van der Waals surface area contributed by atoms with Crippen molar-refractivity contribution < 1.29 is 19.0 Å². The number of hydrogen-bond donors (Lipinski definition) is 0. The third-order valence-corrected chi connectivity index (χ3v) is 4.39. The number of carbonyl (C=O) groups excluding carboxylic acids is 1. The molecule has 2 heterocycles. The summed E-state index contributed by atoms with van der Waals surface area (Å²) in [6, 6.07) is 18.9. The Hall–Kier alpha value is -3.34. The maximum absolute atomic E-state index is 12.4. The zero-order valence-electron chi connectivity index (χ0n) is 14.7. The van der Waals surface area contributed by atoms with Gasteiger partial charge in [-0.15, -0.1) is 0 Å². The molecule has 1 aliphatic rings. The number of pyridine rings is 1. The third kappa shape index (κ3) is 4.26. The Morgan fingerprint density at radius 1 is 1.04 bits per heavy atom. The Kier molecular flexibility index (Phi) is 5.01. The number of nitrogens with zero attached hydrogens (tertiary/aromatic N) is 1. The molecule has 0 aliphatic carbocycles. The zero-order valence-corrected chi connectivity index (χ0v) is 14.7. The number of esters is 1. The smallest absolute Gasteiger partial charge is 0.313 e. The average molecular weight is 361 g/mol. The van der Waals surface area contributed by atoms with Crippen LogP contribution in [0.5, 0.6) is 17.2 Å². The van der Waals surface area contributed by atoms with Crippen molar-refractivity contribution in [1.82, 2.24) is 4.98 Å². The molecule has 4 rings (SSSR count). The van der Waals surface area contributed by atoms with Crippen molar-refractivity contribution in [1.29, 1.82) is 0 Å². The largest absolute Gasteiger partial charge is 0.492 e. The molecule has 1 aliphatic heterocycles. The molecular formula is C22H19NO4. The van der Waals surface area contributed by atoms with E-state index in [1.165, 1.54) is 0 Å². The van der Waals surface area contributed by atoms with Gasteiger partial charge in [-0.3, -0.25) is 9.78 Å². The first-order valence-corrected chi connectivity index (χ1v) is 8.82. The van der Waals surface area contributed by atoms with Gasteiger partial charge in [0.25, 0.3) is 0 Å². The van der Waals surface area contributed by atoms with E-state index in [1.54, 1.807) is 12.4 Å². The Bertz CT molecular complexity index is 909. The predicted molar refractivity (Wildman–Crippen MR) is 99.7 cm³/mol. The molecule has 0 radical (unpaired) electrons. The molecule has 5 heteroatoms. The van der Waals surface area contributed by atoms with E-state index in [4.69, 9.17) is 14.2 Å². The molecule has 0 unspecified atom stereocenters. The lowest BCUT2D eigenvalue weighted by molar-refractivity contribution is -0.151. The van der Waals surface area contributed by atoms with Gasteiger partial charge in [-0.1, -0.05) is 30.3 Å². The van der Waals surface area contributed by atoms with Crippen LogP contribution in [-0.4, -0.2) is 17.6 Å². The van der Waals surface area contributed by atoms with E-state index in [2.05, 4.69) is 4.98 Å². The number of benzene rings is 2. The summed E-state index contributed by atoms with van der Waals surface area (Å²) in [4.78, 5) is 16.4. The number of rotatable bonds is 5. The molecule has 0 saturated carbocycles. The highest BCUT2D eigenvalue weighted by Gasteiger charge is 2.27. The first kappa shape index (κ1) is 17.1. The summed E-state index contributed by atoms with van der Waals surface area (Å²) >= 11 is 0. The molecule has 1 atom stereocenters. The quantitative estimate of drug-likeness (QED) is 0.639. The maximum Gasteiger partial charge on any atom is 0.313 e. The van der Waals surface area contributed by atoms with Gasteiger partial charge in [0.1, 0.15) is 30.5 Å². The minimum absolute atomic E-state index is 0.226. The van der Waals surface area contributed by atoms with Crippen LogP contribution < -0.4 is 9.47 Å². The van der Waals surface area contributed by atoms with Crippen molar-refractivity contribution in [2.45, 2.75) is 13.0 Å². The van der Waals surface area contributed by atoms with Crippen molar-refractivity contribution in [2.24, 2.45) is 5.92 Å². The summed E-state index contributed by atoms with van der Waals surface area (Å²) in [5.41, 5.74) is 1.95. The van der Waals surface area contributed by atoms with Crippen LogP contribution in [-0.2, 0) is 22.6 Å². The molecule has 0 spiro atoms. The summed E-state index contributed by atoms with van der Waals surface area (Å²) in [5, 5.41) is 0. The first-order chi connectivity index (χ1) is 13.3. The average Bonchev–Trinajstić information content (AvgIpc) is 2.73. The Morgan fingerprint density at radius 3 is 2.70 bits per heavy atom. The van der Waals surface area contributed by atoms with Crippen molar-refractivity contribution in [2.75, 3.05) is 6.61 Å². The second-order valence-corrected chi connectivity index (χ2v) is 6.36. The molecular weight excluding hydrogens is 342 g/mol. The van der Waals surface area contributed by atoms with Gasteiger partial charge < -0.3 is 14.2 Å². The van der Waals surface area contributed by atoms with Gasteiger partial charge in [-0.25, -0.2) is 0 Å². The SMILES string of the molecule is O=C(OCc1ccc(Oc2cccnc2)cc1)[C@H]1COc2ccccc2C1. The fourth-order valence-electron chi connectivity index (χ4n) is 2.95. The lowest BCUT2D eigenvalue weighted by Crippen LogP contribution is -2.29. The minimum Gasteiger partial charge on any atom is -0.492 e. The highest BCUT2D eigenvalue weighted by atomic mass is 16.5. The van der Waals surface area contributed by atoms with Gasteiger partial charge in [-0.2, -0.15) is 0 Å². The van der Waals surface area contributed by atoms with E-state index in [9.17, 15) is 4.79 Å². The first-order valence-electron chi connectivity index (χ1n) is 8.82. The van der Waals surface area contributed by atoms with Gasteiger partial charge >= 0.3 is 5.97 Å². The molecule has 5 nitrogen and oxygen atoms in total. The van der Waals surface area contributed by atoms with E-state index in [-0.39, 0.29) is 18.5 Å². The fourth-order valence-corrected chi connectivity index (χ4v) is 2.95. The van der Waals surface area contributed by atoms with Gasteiger partial charge in [0.05, 0.1) is 12.1 Å². The predicted octanol–water partition coefficient (Wildman–Crippen LogP) is 4.17. The Morgan fingerprint density at radius 2 is 1.89 bits per heavy atom. The highest BCUT2D eigenvalue weighted by Crippen LogP contribution is 2.27. The number of hydrogen-bond acceptors (Lipinski definition) is 5. The van der Waals surface area contributed by atoms with Gasteiger partial charge in [0.15, 0.2) is 0 Å². The molecule has 0 N–H and O–H groups in total. The van der Waals surface area contributed by atoms with Crippen LogP contribution in [0.15, 0.2) is 73.1 Å². The zero-order chi connectivity index (χ0) is 18.5. The minimum atomic E-state index is -0.270. The Balaban J connectivity index is 1.30. The van der Waals surface area contributed by atoms with Crippen molar-refractivity contribution in [3.8, 4) is 17.2 Å². The standard InChI is InChI=1S/C22H19NO4/c24-22(18-12-17-4-1-2-6-21(17)25-15-18)26-14-16-7-9-19(10-8-16)27-20-5-3-11-23-13-20/h1-11,13,18H,12,14-15H2/t18-/m1/s1. The Labute approximate surface area is 157 Å². The van der Waals surface area contributed by atoms with Crippen LogP contribution in [0.2, 0.25) is 0 Å². The van der Waals surface area contributed by atoms with E-state index in [0.29, 0.717) is 24.5 Å². The highest BCUT2D eigenvalue weighted by molar-refractivity contribution is 5.73. The number of para-hydroxylation sites is 1. The van der Waals surface area contributed by atoms with Gasteiger partial charge in [-0.05, 0) is 47.9 Å². The van der Waals surface area contributed by atoms with E-state index < -0.39 is 0 Å². The summed E-state index contributed by atoms with van der Waals surface area (Å²) in [7, 11) is 0. The molecule has 0 saturated heterocycles. The summed E-state index contributed by atoms with van der Waals surface area (Å²) in [6.45, 7) is 0.581. The molecule has 3 aromatic rings. The molecule has 0 amide bonds. The van der Waals surface area contributed by atoms with Crippen LogP contribution >= 0.6 is 0 Å². The summed E-state index contributed by atoms with van der Waals surface area (Å²) in [6.07, 6.45) is 3.99. The fraction of sp³-hybridized carbons (Fsp3) is 0.182. The van der Waals surface area contributed by atoms with E-state index in [0.717, 1.165) is 16.9 Å². The van der Waals surface area contributed by atoms with Crippen LogP contribution in [0.1, 0.15) is 11.1 Å². The maximum atomic E-state index is 12.4. The summed E-state index contributed by atoms with van der Waals surface area (Å²) in [5.74, 6) is 1.73.